The summed E-state index contributed by atoms with van der Waals surface area (Å²) >= 11 is 0. The number of rotatable bonds is 1. The SMILES string of the molecule is CC1(C)CC[C@]2(N=C=O)CC[C@]3(C)C(C(=O)C=C4[C@@]5(C)C=C(C#N)C(=O)C(C)(C)[C@@H]5CC[C@]43C)C2C1. The van der Waals surface area contributed by atoms with Crippen molar-refractivity contribution in [1.82, 2.24) is 0 Å². The third kappa shape index (κ3) is 2.94. The number of isocyanates is 1. The molecule has 3 fully saturated rings. The van der Waals surface area contributed by atoms with Crippen molar-refractivity contribution in [2.45, 2.75) is 99.0 Å². The molecule has 0 bridgehead atoms. The number of aliphatic imine (C=N–C) groups is 1. The first-order valence-corrected chi connectivity index (χ1v) is 13.7. The van der Waals surface area contributed by atoms with Crippen molar-refractivity contribution in [1.29, 1.82) is 5.26 Å². The van der Waals surface area contributed by atoms with Crippen molar-refractivity contribution >= 4 is 17.6 Å². The number of hydrogen-bond donors (Lipinski definition) is 0. The molecule has 5 aliphatic rings. The van der Waals surface area contributed by atoms with Gasteiger partial charge in [-0.3, -0.25) is 9.59 Å². The number of carbonyl (C=O) groups excluding carboxylic acids is 3. The molecule has 0 amide bonds. The zero-order chi connectivity index (χ0) is 26.5. The molecule has 0 radical (unpaired) electrons. The van der Waals surface area contributed by atoms with Crippen LogP contribution in [0.4, 0.5) is 0 Å². The highest BCUT2D eigenvalue weighted by atomic mass is 16.1. The van der Waals surface area contributed by atoms with Crippen LogP contribution >= 0.6 is 0 Å². The zero-order valence-corrected chi connectivity index (χ0v) is 23.0. The molecule has 0 N–H and O–H groups in total. The summed E-state index contributed by atoms with van der Waals surface area (Å²) in [6.07, 6.45) is 11.8. The lowest BCUT2D eigenvalue weighted by molar-refractivity contribution is -0.158. The van der Waals surface area contributed by atoms with Gasteiger partial charge in [0.25, 0.3) is 0 Å². The molecule has 5 nitrogen and oxygen atoms in total. The molecule has 0 aliphatic heterocycles. The molecule has 5 heteroatoms. The first-order valence-electron chi connectivity index (χ1n) is 13.7. The Labute approximate surface area is 215 Å². The molecule has 36 heavy (non-hydrogen) atoms. The molecule has 0 aromatic rings. The molecule has 0 saturated heterocycles. The lowest BCUT2D eigenvalue weighted by Gasteiger charge is -2.68. The van der Waals surface area contributed by atoms with Crippen LogP contribution in [-0.4, -0.2) is 23.2 Å². The minimum atomic E-state index is -0.661. The second-order valence-electron chi connectivity index (χ2n) is 14.6. The first kappa shape index (κ1) is 25.3. The van der Waals surface area contributed by atoms with Crippen LogP contribution in [0, 0.1) is 56.2 Å². The highest BCUT2D eigenvalue weighted by molar-refractivity contribution is 6.04. The Morgan fingerprint density at radius 1 is 0.972 bits per heavy atom. The lowest BCUT2D eigenvalue weighted by atomic mass is 9.35. The molecule has 5 rings (SSSR count). The van der Waals surface area contributed by atoms with Crippen LogP contribution in [-0.2, 0) is 14.4 Å². The summed E-state index contributed by atoms with van der Waals surface area (Å²) in [5, 5.41) is 9.84. The molecule has 192 valence electrons. The van der Waals surface area contributed by atoms with E-state index in [0.717, 1.165) is 50.5 Å². The molecule has 7 atom stereocenters. The minimum Gasteiger partial charge on any atom is -0.295 e. The highest BCUT2D eigenvalue weighted by Crippen LogP contribution is 2.73. The van der Waals surface area contributed by atoms with Gasteiger partial charge >= 0.3 is 0 Å². The summed E-state index contributed by atoms with van der Waals surface area (Å²) in [7, 11) is 0. The maximum Gasteiger partial charge on any atom is 0.235 e. The van der Waals surface area contributed by atoms with E-state index in [1.165, 1.54) is 0 Å². The average molecular weight is 489 g/mol. The van der Waals surface area contributed by atoms with E-state index in [2.05, 4.69) is 45.7 Å². The summed E-state index contributed by atoms with van der Waals surface area (Å²) < 4.78 is 0. The monoisotopic (exact) mass is 488 g/mol. The predicted molar refractivity (Wildman–Crippen MR) is 137 cm³/mol. The van der Waals surface area contributed by atoms with Crippen molar-refractivity contribution in [3.63, 3.8) is 0 Å². The molecule has 2 unspecified atom stereocenters. The number of fused-ring (bicyclic) bond motifs is 7. The number of hydrogen-bond acceptors (Lipinski definition) is 5. The Morgan fingerprint density at radius 2 is 1.64 bits per heavy atom. The third-order valence-electron chi connectivity index (χ3n) is 12.1. The highest BCUT2D eigenvalue weighted by Gasteiger charge is 2.70. The molecule has 0 aromatic carbocycles. The number of Topliss-reactive ketones (excluding diaryl/α,β-unsaturated/α-hetero) is 1. The fraction of sp³-hybridized carbons (Fsp3) is 0.742. The quantitative estimate of drug-likeness (QED) is 0.320. The smallest absolute Gasteiger partial charge is 0.235 e. The van der Waals surface area contributed by atoms with Crippen molar-refractivity contribution < 1.29 is 14.4 Å². The minimum absolute atomic E-state index is 0.0173. The second-order valence-corrected chi connectivity index (χ2v) is 14.6. The van der Waals surface area contributed by atoms with E-state index in [9.17, 15) is 19.6 Å². The maximum absolute atomic E-state index is 14.3. The van der Waals surface area contributed by atoms with Crippen LogP contribution in [0.2, 0.25) is 0 Å². The molecule has 3 saturated carbocycles. The van der Waals surface area contributed by atoms with E-state index in [-0.39, 0.29) is 51.1 Å². The standard InChI is InChI=1S/C31H40N2O3/c1-26(2)10-12-31(33-18-34)13-11-30(7)24(20(31)16-26)21(35)14-23-28(5)15-19(17-32)25(36)27(3,4)22(28)8-9-29(23,30)6/h14-15,20,22,24H,8-13,16H2,1-7H3/t20?,22-,24?,28-,29+,30+,31-/m0/s1. The van der Waals surface area contributed by atoms with Crippen LogP contribution in [0.25, 0.3) is 0 Å². The van der Waals surface area contributed by atoms with Crippen molar-refractivity contribution in [2.24, 2.45) is 49.8 Å². The molecular weight excluding hydrogens is 448 g/mol. The van der Waals surface area contributed by atoms with Gasteiger partial charge in [0, 0.05) is 16.7 Å². The van der Waals surface area contributed by atoms with Crippen LogP contribution in [0.1, 0.15) is 93.4 Å². The fourth-order valence-corrected chi connectivity index (χ4v) is 9.89. The summed E-state index contributed by atoms with van der Waals surface area (Å²) in [6.45, 7) is 15.3. The summed E-state index contributed by atoms with van der Waals surface area (Å²) in [4.78, 5) is 43.5. The average Bonchev–Trinajstić information content (AvgIpc) is 2.79. The number of carbonyl (C=O) groups is 2. The third-order valence-corrected chi connectivity index (χ3v) is 12.1. The van der Waals surface area contributed by atoms with Gasteiger partial charge in [-0.05, 0) is 79.1 Å². The topological polar surface area (TPSA) is 87.4 Å². The van der Waals surface area contributed by atoms with Crippen molar-refractivity contribution in [3.05, 3.63) is 23.3 Å². The van der Waals surface area contributed by atoms with Gasteiger partial charge in [0.05, 0.1) is 11.1 Å². The second kappa shape index (κ2) is 7.38. The van der Waals surface area contributed by atoms with Gasteiger partial charge in [-0.2, -0.15) is 10.3 Å². The Balaban J connectivity index is 1.71. The van der Waals surface area contributed by atoms with E-state index >= 15 is 0 Å². The van der Waals surface area contributed by atoms with E-state index in [0.29, 0.717) is 0 Å². The molecule has 0 aromatic heterocycles. The Bertz CT molecular complexity index is 1210. The van der Waals surface area contributed by atoms with E-state index in [1.807, 2.05) is 32.1 Å². The largest absolute Gasteiger partial charge is 0.295 e. The van der Waals surface area contributed by atoms with Gasteiger partial charge in [0.15, 0.2) is 11.6 Å². The Hall–Kier alpha value is -2.31. The lowest BCUT2D eigenvalue weighted by Crippen LogP contribution is -2.66. The van der Waals surface area contributed by atoms with E-state index < -0.39 is 16.4 Å². The summed E-state index contributed by atoms with van der Waals surface area (Å²) in [6, 6.07) is 2.17. The van der Waals surface area contributed by atoms with Crippen LogP contribution in [0.15, 0.2) is 28.3 Å². The Morgan fingerprint density at radius 3 is 2.28 bits per heavy atom. The number of nitriles is 1. The van der Waals surface area contributed by atoms with Crippen molar-refractivity contribution in [2.75, 3.05) is 0 Å². The molecule has 5 aliphatic carbocycles. The summed E-state index contributed by atoms with van der Waals surface area (Å²) in [5.74, 6) is -0.0844. The van der Waals surface area contributed by atoms with Gasteiger partial charge in [0.1, 0.15) is 6.07 Å². The van der Waals surface area contributed by atoms with E-state index in [4.69, 9.17) is 0 Å². The number of nitrogens with zero attached hydrogens (tertiary/aromatic N) is 2. The molecule has 0 spiro atoms. The zero-order valence-electron chi connectivity index (χ0n) is 23.0. The fourth-order valence-electron chi connectivity index (χ4n) is 9.89. The number of ketones is 2. The predicted octanol–water partition coefficient (Wildman–Crippen LogP) is 6.29. The van der Waals surface area contributed by atoms with Crippen LogP contribution in [0.3, 0.4) is 0 Å². The number of allylic oxidation sites excluding steroid dienone is 4. The van der Waals surface area contributed by atoms with Gasteiger partial charge in [-0.15, -0.1) is 0 Å². The summed E-state index contributed by atoms with van der Waals surface area (Å²) in [5.41, 5.74) is -0.793. The molecular formula is C31H40N2O3. The Kier molecular flexibility index (Phi) is 5.20. The van der Waals surface area contributed by atoms with Gasteiger partial charge in [-0.25, -0.2) is 4.79 Å². The van der Waals surface area contributed by atoms with Crippen molar-refractivity contribution in [3.8, 4) is 6.07 Å². The van der Waals surface area contributed by atoms with Crippen LogP contribution in [0.5, 0.6) is 0 Å². The van der Waals surface area contributed by atoms with Gasteiger partial charge in [-0.1, -0.05) is 60.1 Å². The normalized spacial score (nSPS) is 46.4. The van der Waals surface area contributed by atoms with Crippen LogP contribution < -0.4 is 0 Å². The van der Waals surface area contributed by atoms with Gasteiger partial charge < -0.3 is 0 Å². The van der Waals surface area contributed by atoms with Gasteiger partial charge in [0.2, 0.25) is 6.08 Å². The molecule has 0 heterocycles. The maximum atomic E-state index is 14.3. The first-order chi connectivity index (χ1) is 16.6. The van der Waals surface area contributed by atoms with E-state index in [1.54, 1.807) is 0 Å².